The second-order valence-corrected chi connectivity index (χ2v) is 6.45. The third-order valence-corrected chi connectivity index (χ3v) is 4.56. The van der Waals surface area contributed by atoms with Crippen LogP contribution in [0.25, 0.3) is 0 Å². The summed E-state index contributed by atoms with van der Waals surface area (Å²) in [7, 11) is 1.70. The monoisotopic (exact) mass is 291 g/mol. The molecule has 21 heavy (non-hydrogen) atoms. The van der Waals surface area contributed by atoms with Crippen molar-refractivity contribution in [3.05, 3.63) is 23.8 Å². The molecule has 1 aliphatic rings. The lowest BCUT2D eigenvalue weighted by molar-refractivity contribution is 0.0222. The largest absolute Gasteiger partial charge is 0.497 e. The van der Waals surface area contributed by atoms with E-state index in [4.69, 9.17) is 9.47 Å². The molecule has 1 heterocycles. The fraction of sp³-hybridized carbons (Fsp3) is 0.667. The van der Waals surface area contributed by atoms with Crippen LogP contribution in [0.15, 0.2) is 18.2 Å². The maximum atomic E-state index is 6.38. The lowest BCUT2D eigenvalue weighted by atomic mass is 9.83. The Morgan fingerprint density at radius 2 is 2.05 bits per heavy atom. The molecule has 1 aromatic carbocycles. The van der Waals surface area contributed by atoms with Gasteiger partial charge in [0.25, 0.3) is 0 Å². The zero-order chi connectivity index (χ0) is 15.5. The summed E-state index contributed by atoms with van der Waals surface area (Å²) >= 11 is 0. The van der Waals surface area contributed by atoms with Gasteiger partial charge in [-0.15, -0.1) is 0 Å². The van der Waals surface area contributed by atoms with Gasteiger partial charge in [0.15, 0.2) is 0 Å². The van der Waals surface area contributed by atoms with E-state index >= 15 is 0 Å². The van der Waals surface area contributed by atoms with E-state index in [2.05, 4.69) is 39.1 Å². The number of fused-ring (bicyclic) bond motifs is 1. The van der Waals surface area contributed by atoms with E-state index in [1.165, 1.54) is 5.56 Å². The molecule has 118 valence electrons. The summed E-state index contributed by atoms with van der Waals surface area (Å²) in [6.45, 7) is 9.95. The standard InChI is InChI=1S/C18H29NO2/c1-6-18(7-2)11-16(19-12-13(3)4)15-9-8-14(20-5)10-17(15)21-18/h8-10,13,16,19H,6-7,11-12H2,1-5H3. The molecule has 0 saturated carbocycles. The van der Waals surface area contributed by atoms with Crippen LogP contribution in [0, 0.1) is 5.92 Å². The summed E-state index contributed by atoms with van der Waals surface area (Å²) in [5.74, 6) is 2.48. The molecule has 3 heteroatoms. The SMILES string of the molecule is CCC1(CC)CC(NCC(C)C)c2ccc(OC)cc2O1. The third kappa shape index (κ3) is 3.52. The summed E-state index contributed by atoms with van der Waals surface area (Å²) in [6.07, 6.45) is 3.09. The van der Waals surface area contributed by atoms with Crippen molar-refractivity contribution >= 4 is 0 Å². The van der Waals surface area contributed by atoms with Crippen LogP contribution < -0.4 is 14.8 Å². The molecule has 0 bridgehead atoms. The molecule has 3 nitrogen and oxygen atoms in total. The quantitative estimate of drug-likeness (QED) is 0.846. The highest BCUT2D eigenvalue weighted by molar-refractivity contribution is 5.44. The number of nitrogens with one attached hydrogen (secondary N) is 1. The molecular formula is C18H29NO2. The van der Waals surface area contributed by atoms with Gasteiger partial charge >= 0.3 is 0 Å². The van der Waals surface area contributed by atoms with Crippen molar-refractivity contribution in [3.63, 3.8) is 0 Å². The maximum absolute atomic E-state index is 6.38. The Kier molecular flexibility index (Phi) is 5.15. The molecule has 0 spiro atoms. The third-order valence-electron chi connectivity index (χ3n) is 4.56. The predicted molar refractivity (Wildman–Crippen MR) is 87.1 cm³/mol. The van der Waals surface area contributed by atoms with Gasteiger partial charge in [-0.3, -0.25) is 0 Å². The Morgan fingerprint density at radius 1 is 1.33 bits per heavy atom. The molecule has 0 aliphatic carbocycles. The molecule has 0 amide bonds. The number of benzene rings is 1. The number of hydrogen-bond donors (Lipinski definition) is 1. The van der Waals surface area contributed by atoms with Gasteiger partial charge in [0.05, 0.1) is 7.11 Å². The molecule has 1 N–H and O–H groups in total. The smallest absolute Gasteiger partial charge is 0.128 e. The highest BCUT2D eigenvalue weighted by Crippen LogP contribution is 2.44. The van der Waals surface area contributed by atoms with Crippen LogP contribution in [-0.2, 0) is 0 Å². The average Bonchev–Trinajstić information content (AvgIpc) is 2.51. The van der Waals surface area contributed by atoms with Gasteiger partial charge in [0.1, 0.15) is 17.1 Å². The molecule has 1 unspecified atom stereocenters. The summed E-state index contributed by atoms with van der Waals surface area (Å²) in [4.78, 5) is 0. The van der Waals surface area contributed by atoms with Crippen molar-refractivity contribution in [2.75, 3.05) is 13.7 Å². The van der Waals surface area contributed by atoms with E-state index in [0.29, 0.717) is 12.0 Å². The van der Waals surface area contributed by atoms with Gasteiger partial charge in [-0.2, -0.15) is 0 Å². The first kappa shape index (κ1) is 16.2. The maximum Gasteiger partial charge on any atom is 0.128 e. The molecule has 1 aromatic rings. The van der Waals surface area contributed by atoms with Gasteiger partial charge in [-0.1, -0.05) is 33.8 Å². The predicted octanol–water partition coefficient (Wildman–Crippen LogP) is 4.32. The minimum absolute atomic E-state index is 0.0615. The Hall–Kier alpha value is -1.22. The van der Waals surface area contributed by atoms with Crippen LogP contribution >= 0.6 is 0 Å². The van der Waals surface area contributed by atoms with E-state index in [1.54, 1.807) is 7.11 Å². The molecule has 0 fully saturated rings. The molecular weight excluding hydrogens is 262 g/mol. The zero-order valence-corrected chi connectivity index (χ0v) is 14.0. The number of ether oxygens (including phenoxy) is 2. The first-order valence-electron chi connectivity index (χ1n) is 8.14. The lowest BCUT2D eigenvalue weighted by Gasteiger charge is -2.42. The normalized spacial score (nSPS) is 20.0. The van der Waals surface area contributed by atoms with Crippen molar-refractivity contribution in [1.82, 2.24) is 5.32 Å². The molecule has 0 aromatic heterocycles. The molecule has 0 saturated heterocycles. The van der Waals surface area contributed by atoms with Crippen LogP contribution in [0.2, 0.25) is 0 Å². The van der Waals surface area contributed by atoms with Gasteiger partial charge in [0, 0.05) is 24.1 Å². The highest BCUT2D eigenvalue weighted by Gasteiger charge is 2.38. The van der Waals surface area contributed by atoms with Crippen molar-refractivity contribution in [3.8, 4) is 11.5 Å². The van der Waals surface area contributed by atoms with Crippen molar-refractivity contribution in [2.45, 2.75) is 58.6 Å². The Bertz CT molecular complexity index is 466. The summed E-state index contributed by atoms with van der Waals surface area (Å²) in [5, 5.41) is 3.72. The minimum Gasteiger partial charge on any atom is -0.497 e. The Morgan fingerprint density at radius 3 is 2.62 bits per heavy atom. The Labute approximate surface area is 129 Å². The highest BCUT2D eigenvalue weighted by atomic mass is 16.5. The topological polar surface area (TPSA) is 30.5 Å². The minimum atomic E-state index is -0.0615. The first-order chi connectivity index (χ1) is 10.0. The van der Waals surface area contributed by atoms with E-state index in [-0.39, 0.29) is 5.60 Å². The van der Waals surface area contributed by atoms with Crippen LogP contribution in [0.3, 0.4) is 0 Å². The van der Waals surface area contributed by atoms with Crippen molar-refractivity contribution in [1.29, 1.82) is 0 Å². The average molecular weight is 291 g/mol. The van der Waals surface area contributed by atoms with Crippen molar-refractivity contribution < 1.29 is 9.47 Å². The van der Waals surface area contributed by atoms with E-state index in [0.717, 1.165) is 37.3 Å². The van der Waals surface area contributed by atoms with E-state index < -0.39 is 0 Å². The summed E-state index contributed by atoms with van der Waals surface area (Å²) in [6, 6.07) is 6.55. The lowest BCUT2D eigenvalue weighted by Crippen LogP contribution is -2.43. The van der Waals surface area contributed by atoms with Gasteiger partial charge in [-0.05, 0) is 31.4 Å². The van der Waals surface area contributed by atoms with Gasteiger partial charge in [-0.25, -0.2) is 0 Å². The van der Waals surface area contributed by atoms with Crippen LogP contribution in [0.4, 0.5) is 0 Å². The number of hydrogen-bond acceptors (Lipinski definition) is 3. The number of rotatable bonds is 6. The van der Waals surface area contributed by atoms with Gasteiger partial charge < -0.3 is 14.8 Å². The van der Waals surface area contributed by atoms with E-state index in [9.17, 15) is 0 Å². The van der Waals surface area contributed by atoms with Crippen molar-refractivity contribution in [2.24, 2.45) is 5.92 Å². The zero-order valence-electron chi connectivity index (χ0n) is 14.0. The Balaban J connectivity index is 2.32. The van der Waals surface area contributed by atoms with E-state index in [1.807, 2.05) is 12.1 Å². The van der Waals surface area contributed by atoms with Gasteiger partial charge in [0.2, 0.25) is 0 Å². The summed E-state index contributed by atoms with van der Waals surface area (Å²) < 4.78 is 11.7. The fourth-order valence-corrected chi connectivity index (χ4v) is 3.02. The fourth-order valence-electron chi connectivity index (χ4n) is 3.02. The molecule has 0 radical (unpaired) electrons. The molecule has 2 rings (SSSR count). The second kappa shape index (κ2) is 6.69. The molecule has 1 aliphatic heterocycles. The van der Waals surface area contributed by atoms with Crippen LogP contribution in [0.5, 0.6) is 11.5 Å². The number of methoxy groups -OCH3 is 1. The van der Waals surface area contributed by atoms with Crippen LogP contribution in [0.1, 0.15) is 58.6 Å². The molecule has 1 atom stereocenters. The summed E-state index contributed by atoms with van der Waals surface area (Å²) in [5.41, 5.74) is 1.20. The van der Waals surface area contributed by atoms with Crippen LogP contribution in [-0.4, -0.2) is 19.3 Å². The first-order valence-corrected chi connectivity index (χ1v) is 8.14. The second-order valence-electron chi connectivity index (χ2n) is 6.45.